The van der Waals surface area contributed by atoms with Crippen LogP contribution in [0.2, 0.25) is 0 Å². The average Bonchev–Trinajstić information content (AvgIpc) is 3.08. The zero-order valence-electron chi connectivity index (χ0n) is 13.5. The molecule has 3 aromatic rings. The van der Waals surface area contributed by atoms with Crippen molar-refractivity contribution in [3.63, 3.8) is 0 Å². The van der Waals surface area contributed by atoms with Crippen molar-refractivity contribution in [3.8, 4) is 0 Å². The first-order chi connectivity index (χ1) is 11.5. The van der Waals surface area contributed by atoms with Gasteiger partial charge < -0.3 is 5.32 Å². The molecule has 1 aromatic carbocycles. The minimum atomic E-state index is -0.271. The molecule has 0 radical (unpaired) electrons. The Hall–Kier alpha value is -2.96. The molecule has 0 bridgehead atoms. The lowest BCUT2D eigenvalue weighted by molar-refractivity contribution is -0.117. The van der Waals surface area contributed by atoms with Crippen molar-refractivity contribution in [2.24, 2.45) is 0 Å². The lowest BCUT2D eigenvalue weighted by Crippen LogP contribution is -2.20. The highest BCUT2D eigenvalue weighted by Crippen LogP contribution is 2.13. The summed E-state index contributed by atoms with van der Waals surface area (Å²) in [5.74, 6) is -0.0388. The molecule has 0 saturated carbocycles. The van der Waals surface area contributed by atoms with Gasteiger partial charge in [-0.3, -0.25) is 14.2 Å². The number of aromatic nitrogens is 4. The molecule has 2 aromatic heterocycles. The number of hydrogen-bond acceptors (Lipinski definition) is 3. The van der Waals surface area contributed by atoms with E-state index in [9.17, 15) is 9.18 Å². The second-order valence-corrected chi connectivity index (χ2v) is 5.60. The standard InChI is InChI=1S/C17H18FN5O/c1-12-7-8-19-22(12)11-17(24)20-16-9-13(2)23(21-16)10-14-5-3-4-6-15(14)18/h3-9H,10-11H2,1-2H3,(H,20,21,24). The van der Waals surface area contributed by atoms with Gasteiger partial charge in [0.05, 0.1) is 6.54 Å². The number of amides is 1. The lowest BCUT2D eigenvalue weighted by Gasteiger charge is -2.06. The van der Waals surface area contributed by atoms with E-state index in [4.69, 9.17) is 0 Å². The predicted octanol–water partition coefficient (Wildman–Crippen LogP) is 2.52. The van der Waals surface area contributed by atoms with Crippen molar-refractivity contribution in [1.82, 2.24) is 19.6 Å². The molecule has 0 spiro atoms. The molecule has 124 valence electrons. The topological polar surface area (TPSA) is 64.7 Å². The van der Waals surface area contributed by atoms with Crippen LogP contribution in [0.15, 0.2) is 42.6 Å². The van der Waals surface area contributed by atoms with E-state index in [0.717, 1.165) is 11.4 Å². The molecule has 0 atom stereocenters. The fourth-order valence-electron chi connectivity index (χ4n) is 2.40. The molecule has 2 heterocycles. The molecule has 0 fully saturated rings. The fourth-order valence-corrected chi connectivity index (χ4v) is 2.40. The Kier molecular flexibility index (Phi) is 4.41. The van der Waals surface area contributed by atoms with E-state index in [1.807, 2.05) is 19.9 Å². The van der Waals surface area contributed by atoms with Gasteiger partial charge in [-0.1, -0.05) is 18.2 Å². The maximum Gasteiger partial charge on any atom is 0.247 e. The summed E-state index contributed by atoms with van der Waals surface area (Å²) in [4.78, 5) is 12.1. The maximum absolute atomic E-state index is 13.8. The summed E-state index contributed by atoms with van der Waals surface area (Å²) in [7, 11) is 0. The Morgan fingerprint density at radius 3 is 2.67 bits per heavy atom. The van der Waals surface area contributed by atoms with Crippen LogP contribution < -0.4 is 5.32 Å². The van der Waals surface area contributed by atoms with Crippen molar-refractivity contribution in [2.75, 3.05) is 5.32 Å². The van der Waals surface area contributed by atoms with E-state index in [-0.39, 0.29) is 18.3 Å². The Labute approximate surface area is 138 Å². The molecular formula is C17H18FN5O. The maximum atomic E-state index is 13.8. The largest absolute Gasteiger partial charge is 0.308 e. The van der Waals surface area contributed by atoms with Crippen LogP contribution in [0.4, 0.5) is 10.2 Å². The van der Waals surface area contributed by atoms with Gasteiger partial charge in [0.25, 0.3) is 0 Å². The normalized spacial score (nSPS) is 10.8. The van der Waals surface area contributed by atoms with Gasteiger partial charge in [-0.2, -0.15) is 10.2 Å². The highest BCUT2D eigenvalue weighted by molar-refractivity contribution is 5.89. The second-order valence-electron chi connectivity index (χ2n) is 5.60. The summed E-state index contributed by atoms with van der Waals surface area (Å²) in [5, 5.41) is 11.1. The summed E-state index contributed by atoms with van der Waals surface area (Å²) in [6, 6.07) is 10.2. The Morgan fingerprint density at radius 2 is 1.96 bits per heavy atom. The highest BCUT2D eigenvalue weighted by Gasteiger charge is 2.11. The number of rotatable bonds is 5. The minimum Gasteiger partial charge on any atom is -0.308 e. The van der Waals surface area contributed by atoms with Crippen LogP contribution in [0.1, 0.15) is 17.0 Å². The molecule has 3 rings (SSSR count). The van der Waals surface area contributed by atoms with E-state index in [2.05, 4.69) is 15.5 Å². The first-order valence-electron chi connectivity index (χ1n) is 7.59. The van der Waals surface area contributed by atoms with Crippen molar-refractivity contribution in [1.29, 1.82) is 0 Å². The number of nitrogens with one attached hydrogen (secondary N) is 1. The highest BCUT2D eigenvalue weighted by atomic mass is 19.1. The number of anilines is 1. The van der Waals surface area contributed by atoms with E-state index >= 15 is 0 Å². The van der Waals surface area contributed by atoms with Gasteiger partial charge >= 0.3 is 0 Å². The van der Waals surface area contributed by atoms with E-state index in [1.54, 1.807) is 39.8 Å². The number of hydrogen-bond donors (Lipinski definition) is 1. The minimum absolute atomic E-state index is 0.123. The zero-order chi connectivity index (χ0) is 17.1. The Bertz CT molecular complexity index is 868. The van der Waals surface area contributed by atoms with E-state index in [1.165, 1.54) is 6.07 Å². The number of aryl methyl sites for hydroxylation is 2. The molecule has 24 heavy (non-hydrogen) atoms. The van der Waals surface area contributed by atoms with Gasteiger partial charge in [0.15, 0.2) is 5.82 Å². The third-order valence-electron chi connectivity index (χ3n) is 3.75. The smallest absolute Gasteiger partial charge is 0.247 e. The SMILES string of the molecule is Cc1ccnn1CC(=O)Nc1cc(C)n(Cc2ccccc2F)n1. The quantitative estimate of drug-likeness (QED) is 0.783. The molecule has 7 heteroatoms. The van der Waals surface area contributed by atoms with Gasteiger partial charge in [-0.15, -0.1) is 0 Å². The van der Waals surface area contributed by atoms with E-state index < -0.39 is 0 Å². The van der Waals surface area contributed by atoms with Gasteiger partial charge in [0, 0.05) is 29.2 Å². The molecule has 6 nitrogen and oxygen atoms in total. The average molecular weight is 327 g/mol. The van der Waals surface area contributed by atoms with Crippen LogP contribution in [0, 0.1) is 19.7 Å². The third kappa shape index (κ3) is 3.51. The molecule has 0 saturated heterocycles. The lowest BCUT2D eigenvalue weighted by atomic mass is 10.2. The summed E-state index contributed by atoms with van der Waals surface area (Å²) >= 11 is 0. The predicted molar refractivity (Wildman–Crippen MR) is 88.1 cm³/mol. The number of carbonyl (C=O) groups is 1. The second kappa shape index (κ2) is 6.66. The number of nitrogens with zero attached hydrogens (tertiary/aromatic N) is 4. The van der Waals surface area contributed by atoms with E-state index in [0.29, 0.717) is 17.9 Å². The monoisotopic (exact) mass is 327 g/mol. The number of carbonyl (C=O) groups excluding carboxylic acids is 1. The molecule has 1 amide bonds. The first-order valence-corrected chi connectivity index (χ1v) is 7.59. The van der Waals surface area contributed by atoms with Crippen molar-refractivity contribution < 1.29 is 9.18 Å². The van der Waals surface area contributed by atoms with Crippen molar-refractivity contribution in [2.45, 2.75) is 26.9 Å². The summed E-state index contributed by atoms with van der Waals surface area (Å²) in [6.07, 6.45) is 1.65. The first kappa shape index (κ1) is 15.9. The van der Waals surface area contributed by atoms with Crippen LogP contribution >= 0.6 is 0 Å². The summed E-state index contributed by atoms with van der Waals surface area (Å²) in [5.41, 5.74) is 2.30. The zero-order valence-corrected chi connectivity index (χ0v) is 13.5. The van der Waals surface area contributed by atoms with Crippen molar-refractivity contribution >= 4 is 11.7 Å². The van der Waals surface area contributed by atoms with Gasteiger partial charge in [-0.25, -0.2) is 4.39 Å². The summed E-state index contributed by atoms with van der Waals surface area (Å²) in [6.45, 7) is 4.18. The molecular weight excluding hydrogens is 309 g/mol. The Balaban J connectivity index is 1.69. The molecule has 1 N–H and O–H groups in total. The molecule has 0 aliphatic heterocycles. The number of benzene rings is 1. The van der Waals surface area contributed by atoms with Crippen molar-refractivity contribution in [3.05, 3.63) is 65.4 Å². The van der Waals surface area contributed by atoms with Crippen LogP contribution in [0.25, 0.3) is 0 Å². The van der Waals surface area contributed by atoms with Gasteiger partial charge in [0.2, 0.25) is 5.91 Å². The number of halogens is 1. The third-order valence-corrected chi connectivity index (χ3v) is 3.75. The molecule has 0 aliphatic rings. The summed E-state index contributed by atoms with van der Waals surface area (Å²) < 4.78 is 17.0. The Morgan fingerprint density at radius 1 is 1.17 bits per heavy atom. The van der Waals surface area contributed by atoms with Crippen LogP contribution in [-0.2, 0) is 17.9 Å². The van der Waals surface area contributed by atoms with Crippen LogP contribution in [0.3, 0.4) is 0 Å². The van der Waals surface area contributed by atoms with Crippen LogP contribution in [0.5, 0.6) is 0 Å². The fraction of sp³-hybridized carbons (Fsp3) is 0.235. The van der Waals surface area contributed by atoms with Gasteiger partial charge in [-0.05, 0) is 26.0 Å². The van der Waals surface area contributed by atoms with Gasteiger partial charge in [0.1, 0.15) is 12.4 Å². The molecule has 0 unspecified atom stereocenters. The van der Waals surface area contributed by atoms with Crippen LogP contribution in [-0.4, -0.2) is 25.5 Å². The molecule has 0 aliphatic carbocycles.